The number of hydrogen-bond donors (Lipinski definition) is 2. The van der Waals surface area contributed by atoms with Crippen LogP contribution in [0, 0.1) is 11.7 Å². The lowest BCUT2D eigenvalue weighted by Crippen LogP contribution is -2.25. The zero-order valence-corrected chi connectivity index (χ0v) is 19.8. The summed E-state index contributed by atoms with van der Waals surface area (Å²) in [6.45, 7) is 1.27. The third-order valence-corrected chi connectivity index (χ3v) is 6.69. The van der Waals surface area contributed by atoms with Crippen LogP contribution in [0.1, 0.15) is 34.8 Å². The number of methoxy groups -OCH3 is 1. The van der Waals surface area contributed by atoms with Crippen LogP contribution in [0.2, 0.25) is 0 Å². The second-order valence-corrected chi connectivity index (χ2v) is 9.11. The quantitative estimate of drug-likeness (QED) is 0.462. The number of fused-ring (bicyclic) bond motifs is 1. The summed E-state index contributed by atoms with van der Waals surface area (Å²) in [5, 5.41) is 13.8. The van der Waals surface area contributed by atoms with Gasteiger partial charge in [-0.2, -0.15) is 0 Å². The third kappa shape index (κ3) is 4.28. The van der Waals surface area contributed by atoms with Gasteiger partial charge in [-0.1, -0.05) is 35.5 Å². The van der Waals surface area contributed by atoms with Crippen LogP contribution in [0.5, 0.6) is 5.75 Å². The molecule has 2 aliphatic rings. The number of carboxylic acids is 1. The van der Waals surface area contributed by atoms with Crippen LogP contribution in [0.15, 0.2) is 52.5 Å². The molecule has 5 rings (SSSR count). The zero-order valence-electron chi connectivity index (χ0n) is 19.8. The highest BCUT2D eigenvalue weighted by Gasteiger charge is 2.35. The monoisotopic (exact) mass is 494 g/mol. The standard InChI is InChI=1S/C26H27FN4O5/c1-35-25-22-18(24(32)19(26(33)34)12-31(22)17-7-8-17)9-20(27)23(25)30-11-16(10-28)21(13-30)29-36-14-15-5-3-2-4-6-15/h2-6,9,12,16-17H,7-8,10-11,13-14,28H2,1H3,(H,33,34). The molecule has 2 fully saturated rings. The Hall–Kier alpha value is -3.92. The van der Waals surface area contributed by atoms with Crippen LogP contribution in [-0.4, -0.2) is 48.1 Å². The van der Waals surface area contributed by atoms with Crippen molar-refractivity contribution in [1.82, 2.24) is 4.57 Å². The molecule has 1 aromatic heterocycles. The lowest BCUT2D eigenvalue weighted by atomic mass is 10.1. The minimum absolute atomic E-state index is 0.0189. The number of nitrogens with zero attached hydrogens (tertiary/aromatic N) is 3. The summed E-state index contributed by atoms with van der Waals surface area (Å²) in [4.78, 5) is 31.9. The number of benzene rings is 2. The van der Waals surface area contributed by atoms with Crippen LogP contribution in [0.3, 0.4) is 0 Å². The van der Waals surface area contributed by atoms with Gasteiger partial charge in [0.25, 0.3) is 0 Å². The summed E-state index contributed by atoms with van der Waals surface area (Å²) < 4.78 is 23.0. The number of carbonyl (C=O) groups is 1. The van der Waals surface area contributed by atoms with Gasteiger partial charge in [-0.25, -0.2) is 9.18 Å². The molecule has 1 saturated heterocycles. The number of ether oxygens (including phenoxy) is 1. The molecule has 3 aromatic rings. The van der Waals surface area contributed by atoms with Crippen molar-refractivity contribution in [3.8, 4) is 5.75 Å². The Labute approximate surface area is 206 Å². The van der Waals surface area contributed by atoms with Crippen molar-refractivity contribution in [3.05, 3.63) is 69.8 Å². The molecule has 1 aliphatic heterocycles. The summed E-state index contributed by atoms with van der Waals surface area (Å²) in [5.41, 5.74) is 7.11. The average molecular weight is 495 g/mol. The van der Waals surface area contributed by atoms with E-state index in [1.807, 2.05) is 30.3 Å². The molecule has 2 aromatic carbocycles. The third-order valence-electron chi connectivity index (χ3n) is 6.69. The van der Waals surface area contributed by atoms with Crippen LogP contribution >= 0.6 is 0 Å². The SMILES string of the molecule is COc1c(N2CC(=NOCc3ccccc3)C(CN)C2)c(F)cc2c(=O)c(C(=O)O)cn(C3CC3)c12. The molecule has 2 heterocycles. The van der Waals surface area contributed by atoms with Gasteiger partial charge in [0.05, 0.1) is 30.3 Å². The fraction of sp³-hybridized carbons (Fsp3) is 0.346. The first-order chi connectivity index (χ1) is 17.4. The largest absolute Gasteiger partial charge is 0.492 e. The van der Waals surface area contributed by atoms with Gasteiger partial charge < -0.3 is 29.9 Å². The number of nitrogens with two attached hydrogens (primary N) is 1. The van der Waals surface area contributed by atoms with Crippen LogP contribution in [0.25, 0.3) is 10.9 Å². The number of halogens is 1. The maximum absolute atomic E-state index is 15.6. The number of oxime groups is 1. The Balaban J connectivity index is 1.54. The lowest BCUT2D eigenvalue weighted by Gasteiger charge is -2.24. The molecular formula is C26H27FN4O5. The number of hydrogen-bond acceptors (Lipinski definition) is 7. The Bertz CT molecular complexity index is 1400. The fourth-order valence-corrected chi connectivity index (χ4v) is 4.73. The summed E-state index contributed by atoms with van der Waals surface area (Å²) in [6.07, 6.45) is 3.01. The highest BCUT2D eigenvalue weighted by molar-refractivity contribution is 5.99. The van der Waals surface area contributed by atoms with Gasteiger partial charge in [-0.05, 0) is 24.5 Å². The van der Waals surface area contributed by atoms with E-state index in [-0.39, 0.29) is 35.3 Å². The molecule has 1 unspecified atom stereocenters. The average Bonchev–Trinajstić information content (AvgIpc) is 3.64. The fourth-order valence-electron chi connectivity index (χ4n) is 4.73. The molecule has 3 N–H and O–H groups in total. The summed E-state index contributed by atoms with van der Waals surface area (Å²) in [6, 6.07) is 10.8. The van der Waals surface area contributed by atoms with Crippen molar-refractivity contribution < 1.29 is 23.9 Å². The second kappa shape index (κ2) is 9.62. The van der Waals surface area contributed by atoms with E-state index < -0.39 is 22.8 Å². The Morgan fingerprint density at radius 2 is 2.03 bits per heavy atom. The topological polar surface area (TPSA) is 119 Å². The molecular weight excluding hydrogens is 467 g/mol. The lowest BCUT2D eigenvalue weighted by molar-refractivity contribution is 0.0694. The molecule has 188 valence electrons. The van der Waals surface area contributed by atoms with E-state index in [1.165, 1.54) is 13.3 Å². The van der Waals surface area contributed by atoms with Gasteiger partial charge in [0.1, 0.15) is 17.9 Å². The maximum atomic E-state index is 15.6. The van der Waals surface area contributed by atoms with Gasteiger partial charge in [-0.3, -0.25) is 4.79 Å². The van der Waals surface area contributed by atoms with E-state index in [1.54, 1.807) is 9.47 Å². The van der Waals surface area contributed by atoms with Crippen molar-refractivity contribution in [2.75, 3.05) is 31.6 Å². The van der Waals surface area contributed by atoms with E-state index >= 15 is 4.39 Å². The van der Waals surface area contributed by atoms with Gasteiger partial charge in [0.2, 0.25) is 5.43 Å². The van der Waals surface area contributed by atoms with E-state index in [2.05, 4.69) is 5.16 Å². The predicted octanol–water partition coefficient (Wildman–Crippen LogP) is 3.15. The van der Waals surface area contributed by atoms with Crippen molar-refractivity contribution >= 4 is 28.3 Å². The molecule has 36 heavy (non-hydrogen) atoms. The number of carboxylic acid groups (broad SMARTS) is 1. The maximum Gasteiger partial charge on any atom is 0.341 e. The number of aromatic carboxylic acids is 1. The number of rotatable bonds is 8. The van der Waals surface area contributed by atoms with Crippen molar-refractivity contribution in [2.45, 2.75) is 25.5 Å². The molecule has 1 atom stereocenters. The van der Waals surface area contributed by atoms with E-state index in [9.17, 15) is 14.7 Å². The Morgan fingerprint density at radius 3 is 2.67 bits per heavy atom. The zero-order chi connectivity index (χ0) is 25.4. The smallest absolute Gasteiger partial charge is 0.341 e. The van der Waals surface area contributed by atoms with E-state index in [4.69, 9.17) is 15.3 Å². The number of anilines is 1. The van der Waals surface area contributed by atoms with Crippen molar-refractivity contribution in [2.24, 2.45) is 16.8 Å². The summed E-state index contributed by atoms with van der Waals surface area (Å²) in [5.74, 6) is -1.99. The minimum atomic E-state index is -1.35. The summed E-state index contributed by atoms with van der Waals surface area (Å²) >= 11 is 0. The molecule has 9 nitrogen and oxygen atoms in total. The minimum Gasteiger partial charge on any atom is -0.492 e. The first kappa shape index (κ1) is 23.8. The Kier molecular flexibility index (Phi) is 6.36. The van der Waals surface area contributed by atoms with Gasteiger partial charge >= 0.3 is 5.97 Å². The van der Waals surface area contributed by atoms with Gasteiger partial charge in [0.15, 0.2) is 11.6 Å². The first-order valence-corrected chi connectivity index (χ1v) is 11.8. The van der Waals surface area contributed by atoms with Crippen LogP contribution < -0.4 is 20.8 Å². The molecule has 0 spiro atoms. The van der Waals surface area contributed by atoms with E-state index in [0.29, 0.717) is 30.9 Å². The molecule has 0 radical (unpaired) electrons. The number of pyridine rings is 1. The summed E-state index contributed by atoms with van der Waals surface area (Å²) in [7, 11) is 1.42. The predicted molar refractivity (Wildman–Crippen MR) is 133 cm³/mol. The van der Waals surface area contributed by atoms with E-state index in [0.717, 1.165) is 24.5 Å². The highest BCUT2D eigenvalue weighted by atomic mass is 19.1. The van der Waals surface area contributed by atoms with Crippen LogP contribution in [0.4, 0.5) is 10.1 Å². The first-order valence-electron chi connectivity index (χ1n) is 11.8. The number of aromatic nitrogens is 1. The molecule has 0 bridgehead atoms. The van der Waals surface area contributed by atoms with Gasteiger partial charge in [-0.15, -0.1) is 0 Å². The van der Waals surface area contributed by atoms with Crippen molar-refractivity contribution in [1.29, 1.82) is 0 Å². The van der Waals surface area contributed by atoms with Crippen LogP contribution in [-0.2, 0) is 11.4 Å². The van der Waals surface area contributed by atoms with Crippen molar-refractivity contribution in [3.63, 3.8) is 0 Å². The molecule has 0 amide bonds. The normalized spacial score (nSPS) is 18.7. The molecule has 1 aliphatic carbocycles. The molecule has 1 saturated carbocycles. The highest BCUT2D eigenvalue weighted by Crippen LogP contribution is 2.44. The Morgan fingerprint density at radius 1 is 1.28 bits per heavy atom. The second-order valence-electron chi connectivity index (χ2n) is 9.11. The molecule has 10 heteroatoms. The van der Waals surface area contributed by atoms with Gasteiger partial charge in [0, 0.05) is 31.2 Å².